The fourth-order valence-corrected chi connectivity index (χ4v) is 1.61. The molecule has 1 heterocycles. The van der Waals surface area contributed by atoms with Crippen LogP contribution in [0.25, 0.3) is 0 Å². The molecule has 1 fully saturated rings. The Morgan fingerprint density at radius 2 is 1.79 bits per heavy atom. The van der Waals surface area contributed by atoms with Crippen molar-refractivity contribution >= 4 is 5.69 Å². The van der Waals surface area contributed by atoms with Gasteiger partial charge < -0.3 is 9.64 Å². The van der Waals surface area contributed by atoms with Crippen molar-refractivity contribution in [2.45, 2.75) is 0 Å². The molecule has 0 N–H and O–H groups in total. The number of benzene rings is 1. The standard InChI is InChI=1S/C12H14NO/c1-2-11-3-5-12(6-4-11)13-7-9-14-10-8-13/h3-6H,1,7-10H2. The molecule has 2 rings (SSSR count). The van der Waals surface area contributed by atoms with Crippen LogP contribution in [0.4, 0.5) is 5.69 Å². The summed E-state index contributed by atoms with van der Waals surface area (Å²) in [4.78, 5) is 2.33. The lowest BCUT2D eigenvalue weighted by molar-refractivity contribution is 0.122. The Morgan fingerprint density at radius 3 is 2.36 bits per heavy atom. The Labute approximate surface area is 84.8 Å². The summed E-state index contributed by atoms with van der Waals surface area (Å²) < 4.78 is 5.30. The summed E-state index contributed by atoms with van der Waals surface area (Å²) in [5.74, 6) is 0. The lowest BCUT2D eigenvalue weighted by Gasteiger charge is -2.28. The first-order valence-corrected chi connectivity index (χ1v) is 4.86. The van der Waals surface area contributed by atoms with Crippen molar-refractivity contribution in [3.8, 4) is 0 Å². The summed E-state index contributed by atoms with van der Waals surface area (Å²) >= 11 is 0. The highest BCUT2D eigenvalue weighted by Gasteiger charge is 2.10. The minimum Gasteiger partial charge on any atom is -0.378 e. The van der Waals surface area contributed by atoms with Crippen LogP contribution in [-0.2, 0) is 4.74 Å². The Balaban J connectivity index is 2.11. The van der Waals surface area contributed by atoms with Crippen LogP contribution >= 0.6 is 0 Å². The van der Waals surface area contributed by atoms with Crippen molar-refractivity contribution in [1.82, 2.24) is 0 Å². The molecule has 1 saturated heterocycles. The first-order valence-electron chi connectivity index (χ1n) is 4.86. The summed E-state index contributed by atoms with van der Waals surface area (Å²) in [6, 6.07) is 8.30. The van der Waals surface area contributed by atoms with E-state index in [0.29, 0.717) is 0 Å². The molecule has 14 heavy (non-hydrogen) atoms. The van der Waals surface area contributed by atoms with E-state index < -0.39 is 0 Å². The molecular formula is C12H14NO. The number of anilines is 1. The molecule has 0 spiro atoms. The van der Waals surface area contributed by atoms with Crippen LogP contribution in [0, 0.1) is 6.08 Å². The van der Waals surface area contributed by atoms with E-state index in [9.17, 15) is 0 Å². The minimum absolute atomic E-state index is 0.829. The van der Waals surface area contributed by atoms with Gasteiger partial charge in [-0.25, -0.2) is 0 Å². The molecule has 0 bridgehead atoms. The molecule has 1 aliphatic heterocycles. The quantitative estimate of drug-likeness (QED) is 0.702. The Bertz CT molecular complexity index is 299. The van der Waals surface area contributed by atoms with E-state index in [1.807, 2.05) is 12.1 Å². The Morgan fingerprint density at radius 1 is 1.14 bits per heavy atom. The fourth-order valence-electron chi connectivity index (χ4n) is 1.61. The van der Waals surface area contributed by atoms with Gasteiger partial charge >= 0.3 is 0 Å². The molecule has 1 radical (unpaired) electrons. The predicted molar refractivity (Wildman–Crippen MR) is 57.4 cm³/mol. The van der Waals surface area contributed by atoms with Gasteiger partial charge in [-0.1, -0.05) is 18.7 Å². The SMILES string of the molecule is C=[C]c1ccc(N2CCOCC2)cc1. The van der Waals surface area contributed by atoms with Crippen molar-refractivity contribution in [3.05, 3.63) is 42.5 Å². The first-order chi connectivity index (χ1) is 6.90. The molecule has 0 saturated carbocycles. The maximum Gasteiger partial charge on any atom is 0.0642 e. The van der Waals surface area contributed by atoms with Crippen molar-refractivity contribution in [3.63, 3.8) is 0 Å². The van der Waals surface area contributed by atoms with Crippen molar-refractivity contribution in [2.75, 3.05) is 31.2 Å². The molecule has 0 aromatic heterocycles. The summed E-state index contributed by atoms with van der Waals surface area (Å²) in [5.41, 5.74) is 2.30. The highest BCUT2D eigenvalue weighted by molar-refractivity contribution is 5.48. The van der Waals surface area contributed by atoms with E-state index in [4.69, 9.17) is 4.74 Å². The monoisotopic (exact) mass is 188 g/mol. The van der Waals surface area contributed by atoms with Crippen molar-refractivity contribution < 1.29 is 4.74 Å². The van der Waals surface area contributed by atoms with E-state index in [0.717, 1.165) is 31.9 Å². The number of morpholine rings is 1. The van der Waals surface area contributed by atoms with Gasteiger partial charge in [0.15, 0.2) is 0 Å². The zero-order valence-corrected chi connectivity index (χ0v) is 8.20. The Kier molecular flexibility index (Phi) is 2.84. The molecule has 0 aliphatic carbocycles. The summed E-state index contributed by atoms with van der Waals surface area (Å²) in [6.45, 7) is 7.24. The van der Waals surface area contributed by atoms with Gasteiger partial charge in [-0.05, 0) is 23.8 Å². The van der Waals surface area contributed by atoms with Gasteiger partial charge in [-0.15, -0.1) is 0 Å². The second-order valence-electron chi connectivity index (χ2n) is 3.32. The highest BCUT2D eigenvalue weighted by Crippen LogP contribution is 2.16. The number of ether oxygens (including phenoxy) is 1. The maximum atomic E-state index is 5.30. The summed E-state index contributed by atoms with van der Waals surface area (Å²) in [7, 11) is 0. The third kappa shape index (κ3) is 1.96. The van der Waals surface area contributed by atoms with Crippen molar-refractivity contribution in [2.24, 2.45) is 0 Å². The molecule has 1 aromatic carbocycles. The summed E-state index contributed by atoms with van der Waals surface area (Å²) in [6.07, 6.45) is 2.86. The van der Waals surface area contributed by atoms with Crippen LogP contribution in [0.2, 0.25) is 0 Å². The maximum absolute atomic E-state index is 5.30. The lowest BCUT2D eigenvalue weighted by Crippen LogP contribution is -2.36. The van der Waals surface area contributed by atoms with Gasteiger partial charge in [0, 0.05) is 18.8 Å². The molecule has 0 unspecified atom stereocenters. The topological polar surface area (TPSA) is 12.5 Å². The lowest BCUT2D eigenvalue weighted by atomic mass is 10.2. The smallest absolute Gasteiger partial charge is 0.0642 e. The number of rotatable bonds is 2. The second-order valence-corrected chi connectivity index (χ2v) is 3.32. The van der Waals surface area contributed by atoms with E-state index >= 15 is 0 Å². The average Bonchev–Trinajstić information content (AvgIpc) is 2.30. The van der Waals surface area contributed by atoms with Gasteiger partial charge in [0.25, 0.3) is 0 Å². The van der Waals surface area contributed by atoms with Crippen molar-refractivity contribution in [1.29, 1.82) is 0 Å². The zero-order valence-electron chi connectivity index (χ0n) is 8.20. The van der Waals surface area contributed by atoms with Crippen LogP contribution in [0.15, 0.2) is 30.8 Å². The molecule has 0 amide bonds. The zero-order chi connectivity index (χ0) is 9.80. The number of hydrogen-bond donors (Lipinski definition) is 0. The molecule has 2 nitrogen and oxygen atoms in total. The van der Waals surface area contributed by atoms with Crippen LogP contribution in [0.5, 0.6) is 0 Å². The van der Waals surface area contributed by atoms with Gasteiger partial charge in [0.05, 0.1) is 13.2 Å². The highest BCUT2D eigenvalue weighted by atomic mass is 16.5. The molecule has 0 atom stereocenters. The van der Waals surface area contributed by atoms with Gasteiger partial charge in [-0.2, -0.15) is 0 Å². The van der Waals surface area contributed by atoms with Crippen LogP contribution in [0.3, 0.4) is 0 Å². The van der Waals surface area contributed by atoms with E-state index in [-0.39, 0.29) is 0 Å². The second kappa shape index (κ2) is 4.29. The van der Waals surface area contributed by atoms with Gasteiger partial charge in [-0.3, -0.25) is 0 Å². The summed E-state index contributed by atoms with van der Waals surface area (Å²) in [5, 5.41) is 0. The van der Waals surface area contributed by atoms with E-state index in [2.05, 4.69) is 29.7 Å². The fraction of sp³-hybridized carbons (Fsp3) is 0.333. The van der Waals surface area contributed by atoms with Gasteiger partial charge in [0.2, 0.25) is 0 Å². The average molecular weight is 188 g/mol. The molecule has 1 aliphatic rings. The van der Waals surface area contributed by atoms with Crippen LogP contribution in [-0.4, -0.2) is 26.3 Å². The predicted octanol–water partition coefficient (Wildman–Crippen LogP) is 1.86. The molecular weight excluding hydrogens is 174 g/mol. The largest absolute Gasteiger partial charge is 0.378 e. The number of hydrogen-bond acceptors (Lipinski definition) is 2. The first kappa shape index (κ1) is 9.28. The van der Waals surface area contributed by atoms with E-state index in [1.54, 1.807) is 0 Å². The molecule has 2 heteroatoms. The van der Waals surface area contributed by atoms with Crippen LogP contribution < -0.4 is 4.90 Å². The van der Waals surface area contributed by atoms with E-state index in [1.165, 1.54) is 5.69 Å². The normalized spacial score (nSPS) is 16.7. The third-order valence-electron chi connectivity index (χ3n) is 2.45. The third-order valence-corrected chi connectivity index (χ3v) is 2.45. The van der Waals surface area contributed by atoms with Crippen LogP contribution in [0.1, 0.15) is 5.56 Å². The Hall–Kier alpha value is -1.28. The number of nitrogens with zero attached hydrogens (tertiary/aromatic N) is 1. The molecule has 1 aromatic rings. The van der Waals surface area contributed by atoms with Gasteiger partial charge in [0.1, 0.15) is 0 Å². The molecule has 73 valence electrons. The minimum atomic E-state index is 0.829.